The maximum absolute atomic E-state index is 13.4. The standard InChI is InChI=1S/C13H9F3N2O2/c14-9-4-11(16)10(15)3-8(9)13(20)18-12-5-17-2-1-7(12)6-19/h1-5,19H,6H2,(H,18,20). The molecule has 1 heterocycles. The molecule has 4 nitrogen and oxygen atoms in total. The maximum atomic E-state index is 13.4. The van der Waals surface area contributed by atoms with Crippen molar-refractivity contribution in [2.45, 2.75) is 6.61 Å². The number of halogens is 3. The maximum Gasteiger partial charge on any atom is 0.258 e. The van der Waals surface area contributed by atoms with Crippen LogP contribution in [-0.2, 0) is 6.61 Å². The Balaban J connectivity index is 2.31. The van der Waals surface area contributed by atoms with E-state index in [1.807, 2.05) is 0 Å². The van der Waals surface area contributed by atoms with Gasteiger partial charge >= 0.3 is 0 Å². The fourth-order valence-corrected chi connectivity index (χ4v) is 1.56. The Bertz CT molecular complexity index is 662. The minimum atomic E-state index is -1.38. The van der Waals surface area contributed by atoms with Gasteiger partial charge in [0.2, 0.25) is 0 Å². The Morgan fingerprint density at radius 2 is 1.90 bits per heavy atom. The molecule has 0 saturated heterocycles. The van der Waals surface area contributed by atoms with E-state index in [0.29, 0.717) is 17.7 Å². The minimum absolute atomic E-state index is 0.157. The van der Waals surface area contributed by atoms with Crippen molar-refractivity contribution in [3.05, 3.63) is 59.2 Å². The number of aromatic nitrogens is 1. The average molecular weight is 282 g/mol. The SMILES string of the molecule is O=C(Nc1cnccc1CO)c1cc(F)c(F)cc1F. The van der Waals surface area contributed by atoms with Crippen molar-refractivity contribution >= 4 is 11.6 Å². The lowest BCUT2D eigenvalue weighted by Crippen LogP contribution is -2.16. The summed E-state index contributed by atoms with van der Waals surface area (Å²) < 4.78 is 39.2. The zero-order valence-corrected chi connectivity index (χ0v) is 10.0. The lowest BCUT2D eigenvalue weighted by Gasteiger charge is -2.09. The van der Waals surface area contributed by atoms with Crippen LogP contribution < -0.4 is 5.32 Å². The molecule has 0 spiro atoms. The topological polar surface area (TPSA) is 62.2 Å². The van der Waals surface area contributed by atoms with E-state index in [2.05, 4.69) is 10.3 Å². The molecule has 0 saturated carbocycles. The van der Waals surface area contributed by atoms with Gasteiger partial charge in [-0.25, -0.2) is 13.2 Å². The van der Waals surface area contributed by atoms with Crippen molar-refractivity contribution in [3.8, 4) is 0 Å². The smallest absolute Gasteiger partial charge is 0.258 e. The predicted molar refractivity (Wildman–Crippen MR) is 64.4 cm³/mol. The molecule has 0 atom stereocenters. The minimum Gasteiger partial charge on any atom is -0.392 e. The van der Waals surface area contributed by atoms with Crippen molar-refractivity contribution < 1.29 is 23.1 Å². The van der Waals surface area contributed by atoms with Crippen LogP contribution >= 0.6 is 0 Å². The van der Waals surface area contributed by atoms with Gasteiger partial charge in [-0.15, -0.1) is 0 Å². The summed E-state index contributed by atoms with van der Waals surface area (Å²) in [7, 11) is 0. The van der Waals surface area contributed by atoms with Gasteiger partial charge in [-0.3, -0.25) is 9.78 Å². The number of carbonyl (C=O) groups is 1. The highest BCUT2D eigenvalue weighted by molar-refractivity contribution is 6.04. The van der Waals surface area contributed by atoms with E-state index in [9.17, 15) is 18.0 Å². The van der Waals surface area contributed by atoms with Crippen molar-refractivity contribution in [3.63, 3.8) is 0 Å². The normalized spacial score (nSPS) is 10.4. The fraction of sp³-hybridized carbons (Fsp3) is 0.0769. The van der Waals surface area contributed by atoms with Crippen LogP contribution in [0.15, 0.2) is 30.6 Å². The highest BCUT2D eigenvalue weighted by Gasteiger charge is 2.17. The second kappa shape index (κ2) is 5.70. The molecule has 20 heavy (non-hydrogen) atoms. The lowest BCUT2D eigenvalue weighted by atomic mass is 10.1. The van der Waals surface area contributed by atoms with Gasteiger partial charge in [0.1, 0.15) is 5.82 Å². The number of carbonyl (C=O) groups excluding carboxylic acids is 1. The van der Waals surface area contributed by atoms with Gasteiger partial charge in [0.25, 0.3) is 5.91 Å². The molecule has 1 amide bonds. The third-order valence-electron chi connectivity index (χ3n) is 2.58. The number of hydrogen-bond donors (Lipinski definition) is 2. The molecule has 7 heteroatoms. The van der Waals surface area contributed by atoms with Crippen LogP contribution in [0.4, 0.5) is 18.9 Å². The molecule has 0 aliphatic rings. The van der Waals surface area contributed by atoms with Crippen molar-refractivity contribution in [2.75, 3.05) is 5.32 Å². The first-order valence-corrected chi connectivity index (χ1v) is 5.52. The van der Waals surface area contributed by atoms with E-state index in [1.165, 1.54) is 18.5 Å². The summed E-state index contributed by atoms with van der Waals surface area (Å²) in [6.07, 6.45) is 2.65. The largest absolute Gasteiger partial charge is 0.392 e. The van der Waals surface area contributed by atoms with Gasteiger partial charge in [-0.05, 0) is 12.1 Å². The van der Waals surface area contributed by atoms with Gasteiger partial charge in [-0.1, -0.05) is 0 Å². The molecule has 0 unspecified atom stereocenters. The van der Waals surface area contributed by atoms with Gasteiger partial charge < -0.3 is 10.4 Å². The van der Waals surface area contributed by atoms with E-state index in [-0.39, 0.29) is 12.3 Å². The molecule has 2 rings (SSSR count). The molecule has 0 aliphatic carbocycles. The molecule has 104 valence electrons. The van der Waals surface area contributed by atoms with E-state index < -0.39 is 28.9 Å². The molecule has 0 fully saturated rings. The monoisotopic (exact) mass is 282 g/mol. The highest BCUT2D eigenvalue weighted by atomic mass is 19.2. The first kappa shape index (κ1) is 14.0. The molecule has 0 bridgehead atoms. The number of rotatable bonds is 3. The molecule has 2 aromatic rings. The highest BCUT2D eigenvalue weighted by Crippen LogP contribution is 2.18. The summed E-state index contributed by atoms with van der Waals surface area (Å²) in [4.78, 5) is 15.6. The van der Waals surface area contributed by atoms with Gasteiger partial charge in [0, 0.05) is 17.8 Å². The van der Waals surface area contributed by atoms with Crippen LogP contribution in [0.2, 0.25) is 0 Å². The van der Waals surface area contributed by atoms with E-state index in [0.717, 1.165) is 0 Å². The van der Waals surface area contributed by atoms with Crippen LogP contribution in [0.1, 0.15) is 15.9 Å². The summed E-state index contributed by atoms with van der Waals surface area (Å²) in [6, 6.07) is 2.21. The van der Waals surface area contributed by atoms with Crippen LogP contribution in [0.5, 0.6) is 0 Å². The van der Waals surface area contributed by atoms with Crippen LogP contribution in [0.3, 0.4) is 0 Å². The lowest BCUT2D eigenvalue weighted by molar-refractivity contribution is 0.102. The Kier molecular flexibility index (Phi) is 3.99. The number of nitrogens with one attached hydrogen (secondary N) is 1. The predicted octanol–water partition coefficient (Wildman–Crippen LogP) is 2.24. The van der Waals surface area contributed by atoms with Gasteiger partial charge in [0.15, 0.2) is 11.6 Å². The Morgan fingerprint density at radius 1 is 1.20 bits per heavy atom. The summed E-state index contributed by atoms with van der Waals surface area (Å²) in [6.45, 7) is -0.363. The number of hydrogen-bond acceptors (Lipinski definition) is 3. The van der Waals surface area contributed by atoms with Gasteiger partial charge in [0.05, 0.1) is 24.1 Å². The molecule has 2 N–H and O–H groups in total. The second-order valence-electron chi connectivity index (χ2n) is 3.89. The van der Waals surface area contributed by atoms with Crippen LogP contribution in [0.25, 0.3) is 0 Å². The Labute approximate surface area is 111 Å². The van der Waals surface area contributed by atoms with Crippen molar-refractivity contribution in [1.29, 1.82) is 0 Å². The number of aliphatic hydroxyl groups excluding tert-OH is 1. The van der Waals surface area contributed by atoms with E-state index in [4.69, 9.17) is 5.11 Å². The number of anilines is 1. The Morgan fingerprint density at radius 3 is 2.60 bits per heavy atom. The molecule has 0 aliphatic heterocycles. The fourth-order valence-electron chi connectivity index (χ4n) is 1.56. The zero-order chi connectivity index (χ0) is 14.7. The molecule has 0 radical (unpaired) electrons. The Hall–Kier alpha value is -2.41. The summed E-state index contributed by atoms with van der Waals surface area (Å²) in [5, 5.41) is 11.3. The molecule has 1 aromatic carbocycles. The summed E-state index contributed by atoms with van der Waals surface area (Å²) >= 11 is 0. The number of amides is 1. The number of pyridine rings is 1. The van der Waals surface area contributed by atoms with E-state index >= 15 is 0 Å². The number of aliphatic hydroxyl groups is 1. The quantitative estimate of drug-likeness (QED) is 0.849. The zero-order valence-electron chi connectivity index (χ0n) is 10.0. The van der Waals surface area contributed by atoms with Crippen LogP contribution in [0, 0.1) is 17.5 Å². The van der Waals surface area contributed by atoms with Crippen molar-refractivity contribution in [1.82, 2.24) is 4.98 Å². The van der Waals surface area contributed by atoms with Crippen molar-refractivity contribution in [2.24, 2.45) is 0 Å². The first-order chi connectivity index (χ1) is 9.52. The second-order valence-corrected chi connectivity index (χ2v) is 3.89. The summed E-state index contributed by atoms with van der Waals surface area (Å²) in [5.74, 6) is -4.86. The first-order valence-electron chi connectivity index (χ1n) is 5.52. The third-order valence-corrected chi connectivity index (χ3v) is 2.58. The van der Waals surface area contributed by atoms with E-state index in [1.54, 1.807) is 0 Å². The van der Waals surface area contributed by atoms with Crippen LogP contribution in [-0.4, -0.2) is 16.0 Å². The molecular formula is C13H9F3N2O2. The average Bonchev–Trinajstić information content (AvgIpc) is 2.43. The molecular weight excluding hydrogens is 273 g/mol. The number of nitrogens with zero attached hydrogens (tertiary/aromatic N) is 1. The number of benzene rings is 1. The third kappa shape index (κ3) is 2.77. The summed E-state index contributed by atoms with van der Waals surface area (Å²) in [5.41, 5.74) is -0.128. The van der Waals surface area contributed by atoms with Gasteiger partial charge in [-0.2, -0.15) is 0 Å². The molecule has 1 aromatic heterocycles.